The van der Waals surface area contributed by atoms with Crippen LogP contribution in [0, 0.1) is 6.92 Å². The first kappa shape index (κ1) is 13.8. The van der Waals surface area contributed by atoms with Gasteiger partial charge in [0.05, 0.1) is 0 Å². The molecule has 0 bridgehead atoms. The van der Waals surface area contributed by atoms with Crippen LogP contribution < -0.4 is 15.5 Å². The van der Waals surface area contributed by atoms with Crippen molar-refractivity contribution < 1.29 is 0 Å². The first-order valence-electron chi connectivity index (χ1n) is 7.21. The molecule has 0 spiro atoms. The van der Waals surface area contributed by atoms with Gasteiger partial charge < -0.3 is 15.5 Å². The SMILES string of the molecule is Cc1ccnc(N2CCN(c3ccc(CN)cn3)CC2)n1. The first-order valence-corrected chi connectivity index (χ1v) is 7.21. The number of rotatable bonds is 3. The molecule has 6 heteroatoms. The van der Waals surface area contributed by atoms with E-state index in [0.717, 1.165) is 49.2 Å². The maximum Gasteiger partial charge on any atom is 0.225 e. The van der Waals surface area contributed by atoms with Gasteiger partial charge in [-0.25, -0.2) is 15.0 Å². The Morgan fingerprint density at radius 1 is 1.05 bits per heavy atom. The normalized spacial score (nSPS) is 15.3. The van der Waals surface area contributed by atoms with E-state index in [4.69, 9.17) is 5.73 Å². The van der Waals surface area contributed by atoms with Crippen LogP contribution in [-0.2, 0) is 6.54 Å². The van der Waals surface area contributed by atoms with Crippen molar-refractivity contribution in [1.82, 2.24) is 15.0 Å². The van der Waals surface area contributed by atoms with Gasteiger partial charge in [0.2, 0.25) is 5.95 Å². The van der Waals surface area contributed by atoms with Gasteiger partial charge in [-0.05, 0) is 24.6 Å². The number of anilines is 2. The molecule has 6 nitrogen and oxygen atoms in total. The summed E-state index contributed by atoms with van der Waals surface area (Å²) in [6, 6.07) is 6.00. The van der Waals surface area contributed by atoms with E-state index in [0.29, 0.717) is 6.54 Å². The molecule has 1 fully saturated rings. The van der Waals surface area contributed by atoms with Gasteiger partial charge in [-0.15, -0.1) is 0 Å². The van der Waals surface area contributed by atoms with E-state index in [-0.39, 0.29) is 0 Å². The number of hydrogen-bond acceptors (Lipinski definition) is 6. The molecular formula is C15H20N6. The van der Waals surface area contributed by atoms with Gasteiger partial charge in [-0.3, -0.25) is 0 Å². The minimum absolute atomic E-state index is 0.533. The maximum atomic E-state index is 5.60. The van der Waals surface area contributed by atoms with Crippen molar-refractivity contribution in [3.8, 4) is 0 Å². The van der Waals surface area contributed by atoms with Gasteiger partial charge in [0.15, 0.2) is 0 Å². The van der Waals surface area contributed by atoms with Crippen LogP contribution in [0.25, 0.3) is 0 Å². The van der Waals surface area contributed by atoms with Crippen LogP contribution >= 0.6 is 0 Å². The van der Waals surface area contributed by atoms with Crippen molar-refractivity contribution in [3.63, 3.8) is 0 Å². The highest BCUT2D eigenvalue weighted by molar-refractivity contribution is 5.43. The second-order valence-electron chi connectivity index (χ2n) is 5.20. The molecule has 2 aromatic rings. The van der Waals surface area contributed by atoms with Crippen LogP contribution in [0.5, 0.6) is 0 Å². The maximum absolute atomic E-state index is 5.60. The fourth-order valence-corrected chi connectivity index (χ4v) is 2.45. The second kappa shape index (κ2) is 6.05. The number of aryl methyl sites for hydroxylation is 1. The summed E-state index contributed by atoms with van der Waals surface area (Å²) in [6.45, 7) is 6.18. The van der Waals surface area contributed by atoms with E-state index < -0.39 is 0 Å². The lowest BCUT2D eigenvalue weighted by molar-refractivity contribution is 0.633. The molecule has 0 amide bonds. The average Bonchev–Trinajstić information content (AvgIpc) is 2.55. The number of pyridine rings is 1. The Hall–Kier alpha value is -2.21. The standard InChI is InChI=1S/C15H20N6/c1-12-4-5-17-15(19-12)21-8-6-20(7-9-21)14-3-2-13(10-16)11-18-14/h2-5,11H,6-10,16H2,1H3. The molecule has 2 N–H and O–H groups in total. The molecule has 3 rings (SSSR count). The molecule has 110 valence electrons. The summed E-state index contributed by atoms with van der Waals surface area (Å²) < 4.78 is 0. The Morgan fingerprint density at radius 2 is 1.81 bits per heavy atom. The predicted octanol–water partition coefficient (Wildman–Crippen LogP) is 0.965. The van der Waals surface area contributed by atoms with Crippen LogP contribution in [0.2, 0.25) is 0 Å². The fraction of sp³-hybridized carbons (Fsp3) is 0.400. The third kappa shape index (κ3) is 3.11. The largest absolute Gasteiger partial charge is 0.353 e. The van der Waals surface area contributed by atoms with Crippen molar-refractivity contribution >= 4 is 11.8 Å². The number of piperazine rings is 1. The lowest BCUT2D eigenvalue weighted by Crippen LogP contribution is -2.47. The van der Waals surface area contributed by atoms with Crippen molar-refractivity contribution in [2.24, 2.45) is 5.73 Å². The minimum Gasteiger partial charge on any atom is -0.353 e. The van der Waals surface area contributed by atoms with Crippen LogP contribution in [0.15, 0.2) is 30.6 Å². The number of hydrogen-bond donors (Lipinski definition) is 1. The van der Waals surface area contributed by atoms with Gasteiger partial charge in [0.25, 0.3) is 0 Å². The molecule has 1 aliphatic heterocycles. The summed E-state index contributed by atoms with van der Waals surface area (Å²) >= 11 is 0. The average molecular weight is 284 g/mol. The third-order valence-electron chi connectivity index (χ3n) is 3.71. The Kier molecular flexibility index (Phi) is 3.96. The predicted molar refractivity (Wildman–Crippen MR) is 83.3 cm³/mol. The third-order valence-corrected chi connectivity index (χ3v) is 3.71. The topological polar surface area (TPSA) is 71.2 Å². The summed E-state index contributed by atoms with van der Waals surface area (Å²) in [5.74, 6) is 1.83. The molecule has 0 unspecified atom stereocenters. The summed E-state index contributed by atoms with van der Waals surface area (Å²) in [4.78, 5) is 17.8. The minimum atomic E-state index is 0.533. The molecular weight excluding hydrogens is 264 g/mol. The molecule has 1 saturated heterocycles. The van der Waals surface area contributed by atoms with Crippen molar-refractivity contribution in [1.29, 1.82) is 0 Å². The summed E-state index contributed by atoms with van der Waals surface area (Å²) in [5, 5.41) is 0. The Balaban J connectivity index is 1.64. The Bertz CT molecular complexity index is 589. The molecule has 1 aliphatic rings. The lowest BCUT2D eigenvalue weighted by Gasteiger charge is -2.35. The van der Waals surface area contributed by atoms with Crippen molar-refractivity contribution in [3.05, 3.63) is 41.9 Å². The second-order valence-corrected chi connectivity index (χ2v) is 5.20. The zero-order valence-corrected chi connectivity index (χ0v) is 12.2. The number of aromatic nitrogens is 3. The molecule has 0 radical (unpaired) electrons. The zero-order chi connectivity index (χ0) is 14.7. The van der Waals surface area contributed by atoms with Crippen molar-refractivity contribution in [2.45, 2.75) is 13.5 Å². The molecule has 3 heterocycles. The van der Waals surface area contributed by atoms with Crippen LogP contribution in [0.1, 0.15) is 11.3 Å². The van der Waals surface area contributed by atoms with Gasteiger partial charge in [0.1, 0.15) is 5.82 Å². The van der Waals surface area contributed by atoms with Gasteiger partial charge in [-0.1, -0.05) is 6.07 Å². The fourth-order valence-electron chi connectivity index (χ4n) is 2.45. The summed E-state index contributed by atoms with van der Waals surface area (Å²) in [7, 11) is 0. The van der Waals surface area contributed by atoms with E-state index in [9.17, 15) is 0 Å². The molecule has 0 aliphatic carbocycles. The quantitative estimate of drug-likeness (QED) is 0.905. The highest BCUT2D eigenvalue weighted by Crippen LogP contribution is 2.16. The number of nitrogens with two attached hydrogens (primary N) is 1. The monoisotopic (exact) mass is 284 g/mol. The Labute approximate surface area is 124 Å². The molecule has 0 saturated carbocycles. The van der Waals surface area contributed by atoms with Gasteiger partial charge >= 0.3 is 0 Å². The first-order chi connectivity index (χ1) is 10.3. The highest BCUT2D eigenvalue weighted by Gasteiger charge is 2.19. The summed E-state index contributed by atoms with van der Waals surface area (Å²) in [6.07, 6.45) is 3.67. The van der Waals surface area contributed by atoms with Crippen LogP contribution in [0.4, 0.5) is 11.8 Å². The van der Waals surface area contributed by atoms with E-state index >= 15 is 0 Å². The van der Waals surface area contributed by atoms with Gasteiger partial charge in [-0.2, -0.15) is 0 Å². The van der Waals surface area contributed by atoms with E-state index in [2.05, 4.69) is 24.8 Å². The van der Waals surface area contributed by atoms with E-state index in [1.165, 1.54) is 0 Å². The van der Waals surface area contributed by atoms with Crippen LogP contribution in [0.3, 0.4) is 0 Å². The highest BCUT2D eigenvalue weighted by atomic mass is 15.3. The molecule has 2 aromatic heterocycles. The van der Waals surface area contributed by atoms with Gasteiger partial charge in [0, 0.05) is 50.8 Å². The lowest BCUT2D eigenvalue weighted by atomic mass is 10.2. The molecule has 0 atom stereocenters. The Morgan fingerprint density at radius 3 is 2.43 bits per heavy atom. The summed E-state index contributed by atoms with van der Waals surface area (Å²) in [5.41, 5.74) is 7.66. The van der Waals surface area contributed by atoms with Crippen molar-refractivity contribution in [2.75, 3.05) is 36.0 Å². The molecule has 21 heavy (non-hydrogen) atoms. The van der Waals surface area contributed by atoms with E-state index in [1.807, 2.05) is 37.5 Å². The van der Waals surface area contributed by atoms with Crippen LogP contribution in [-0.4, -0.2) is 41.1 Å². The zero-order valence-electron chi connectivity index (χ0n) is 12.2. The molecule has 0 aromatic carbocycles. The van der Waals surface area contributed by atoms with E-state index in [1.54, 1.807) is 0 Å². The smallest absolute Gasteiger partial charge is 0.225 e. The number of nitrogens with zero attached hydrogens (tertiary/aromatic N) is 5.